The van der Waals surface area contributed by atoms with Crippen LogP contribution < -0.4 is 14.8 Å². The lowest BCUT2D eigenvalue weighted by molar-refractivity contribution is 0.0886. The van der Waals surface area contributed by atoms with Crippen molar-refractivity contribution in [2.45, 2.75) is 26.5 Å². The molecule has 5 rings (SSSR count). The molecular formula is C29H28FN3O3S. The van der Waals surface area contributed by atoms with Gasteiger partial charge in [-0.05, 0) is 78.5 Å². The lowest BCUT2D eigenvalue weighted by atomic mass is 10.0. The summed E-state index contributed by atoms with van der Waals surface area (Å²) in [6.07, 6.45) is 1.27. The number of aromatic nitrogens is 2. The summed E-state index contributed by atoms with van der Waals surface area (Å²) in [6.45, 7) is 1.92. The molecule has 0 aliphatic carbocycles. The second-order valence-electron chi connectivity index (χ2n) is 8.31. The third kappa shape index (κ3) is 5.65. The topological polar surface area (TPSA) is 65.4 Å². The first-order valence-corrected chi connectivity index (χ1v) is 12.3. The number of thiophene rings is 1. The normalized spacial score (nSPS) is 12.4. The van der Waals surface area contributed by atoms with E-state index in [1.165, 1.54) is 23.5 Å². The van der Waals surface area contributed by atoms with E-state index in [0.717, 1.165) is 22.2 Å². The van der Waals surface area contributed by atoms with Gasteiger partial charge in [-0.25, -0.2) is 9.07 Å². The summed E-state index contributed by atoms with van der Waals surface area (Å²) in [5, 5.41) is 10.3. The minimum absolute atomic E-state index is 0. The monoisotopic (exact) mass is 517 g/mol. The number of halogens is 1. The Morgan fingerprint density at radius 3 is 2.57 bits per heavy atom. The first kappa shape index (κ1) is 25.9. The minimum atomic E-state index is -0.478. The smallest absolute Gasteiger partial charge is 0.261 e. The Morgan fingerprint density at radius 1 is 1.03 bits per heavy atom. The van der Waals surface area contributed by atoms with Crippen molar-refractivity contribution >= 4 is 28.1 Å². The van der Waals surface area contributed by atoms with Gasteiger partial charge >= 0.3 is 0 Å². The second kappa shape index (κ2) is 11.3. The number of carbonyl (C=O) groups is 1. The molecule has 37 heavy (non-hydrogen) atoms. The van der Waals surface area contributed by atoms with E-state index in [9.17, 15) is 9.18 Å². The number of carbonyl (C=O) groups excluding carboxylic acids is 1. The van der Waals surface area contributed by atoms with Crippen LogP contribution in [0.5, 0.6) is 11.5 Å². The molecule has 1 N–H and O–H groups in total. The average molecular weight is 518 g/mol. The number of nitrogens with zero attached hydrogens (tertiary/aromatic N) is 2. The molecule has 2 heterocycles. The maximum absolute atomic E-state index is 13.3. The predicted octanol–water partition coefficient (Wildman–Crippen LogP) is 6.81. The average Bonchev–Trinajstić information content (AvgIpc) is 3.58. The van der Waals surface area contributed by atoms with Crippen LogP contribution in [0, 0.1) is 5.82 Å². The van der Waals surface area contributed by atoms with Crippen molar-refractivity contribution in [1.29, 1.82) is 0 Å². The first-order chi connectivity index (χ1) is 17.5. The molecule has 5 aromatic rings. The Kier molecular flexibility index (Phi) is 7.89. The fourth-order valence-corrected chi connectivity index (χ4v) is 4.68. The molecule has 2 atom stereocenters. The van der Waals surface area contributed by atoms with Gasteiger partial charge in [0.1, 0.15) is 23.4 Å². The van der Waals surface area contributed by atoms with Crippen LogP contribution >= 0.6 is 11.3 Å². The number of nitrogens with one attached hydrogen (secondary N) is 1. The number of methoxy groups -OCH3 is 1. The predicted molar refractivity (Wildman–Crippen MR) is 145 cm³/mol. The van der Waals surface area contributed by atoms with Crippen molar-refractivity contribution < 1.29 is 18.7 Å². The molecule has 0 unspecified atom stereocenters. The van der Waals surface area contributed by atoms with Crippen molar-refractivity contribution in [2.75, 3.05) is 7.11 Å². The summed E-state index contributed by atoms with van der Waals surface area (Å²) in [5.41, 5.74) is 2.50. The summed E-state index contributed by atoms with van der Waals surface area (Å²) in [5.74, 6) is 0.889. The van der Waals surface area contributed by atoms with Crippen LogP contribution in [0.3, 0.4) is 0 Å². The van der Waals surface area contributed by atoms with Crippen LogP contribution in [0.4, 0.5) is 4.39 Å². The zero-order valence-corrected chi connectivity index (χ0v) is 20.5. The van der Waals surface area contributed by atoms with Crippen molar-refractivity contribution in [1.82, 2.24) is 15.1 Å². The van der Waals surface area contributed by atoms with E-state index in [0.29, 0.717) is 16.4 Å². The van der Waals surface area contributed by atoms with E-state index in [2.05, 4.69) is 10.4 Å². The van der Waals surface area contributed by atoms with E-state index in [-0.39, 0.29) is 25.2 Å². The van der Waals surface area contributed by atoms with Crippen molar-refractivity contribution in [2.24, 2.45) is 0 Å². The number of hydrogen-bond donors (Lipinski definition) is 1. The Labute approximate surface area is 219 Å². The first-order valence-electron chi connectivity index (χ1n) is 11.4. The number of fused-ring (bicyclic) bond motifs is 1. The van der Waals surface area contributed by atoms with Crippen molar-refractivity contribution in [3.63, 3.8) is 0 Å². The largest absolute Gasteiger partial charge is 0.497 e. The lowest BCUT2D eigenvalue weighted by Crippen LogP contribution is -2.38. The van der Waals surface area contributed by atoms with E-state index >= 15 is 0 Å². The molecule has 0 saturated heterocycles. The van der Waals surface area contributed by atoms with E-state index in [1.54, 1.807) is 36.2 Å². The Bertz CT molecular complexity index is 1480. The molecule has 1 amide bonds. The standard InChI is InChI=1S/C28H24FN3O3S.CH4/c1-18(31-28(33)26-7-4-14-36-26)27(19-5-3-6-23(15-19)34-2)35-24-12-13-25-20(16-24)17-30-32(25)22-10-8-21(29)9-11-22;/h3-18,27H,1-2H3,(H,31,33);1H4/t18-,27-;/m0./s1. The van der Waals surface area contributed by atoms with Gasteiger partial charge in [0, 0.05) is 5.39 Å². The van der Waals surface area contributed by atoms with Gasteiger partial charge in [0.25, 0.3) is 5.91 Å². The molecule has 0 aliphatic rings. The van der Waals surface area contributed by atoms with E-state index < -0.39 is 6.10 Å². The molecule has 0 spiro atoms. The van der Waals surface area contributed by atoms with Gasteiger partial charge in [0.15, 0.2) is 0 Å². The maximum Gasteiger partial charge on any atom is 0.261 e. The van der Waals surface area contributed by atoms with Crippen LogP contribution in [0.1, 0.15) is 35.7 Å². The SMILES string of the molecule is C.COc1cccc([C@@H](Oc2ccc3c(cnn3-c3ccc(F)cc3)c2)[C@H](C)NC(=O)c2cccs2)c1. The molecule has 0 saturated carbocycles. The molecule has 2 aromatic heterocycles. The highest BCUT2D eigenvalue weighted by atomic mass is 32.1. The molecule has 3 aromatic carbocycles. The van der Waals surface area contributed by atoms with Crippen LogP contribution in [-0.2, 0) is 0 Å². The quantitative estimate of drug-likeness (QED) is 0.246. The number of ether oxygens (including phenoxy) is 2. The minimum Gasteiger partial charge on any atom is -0.497 e. The van der Waals surface area contributed by atoms with Gasteiger partial charge in [-0.2, -0.15) is 5.10 Å². The van der Waals surface area contributed by atoms with Gasteiger partial charge in [0.05, 0.1) is 35.4 Å². The van der Waals surface area contributed by atoms with Gasteiger partial charge in [-0.1, -0.05) is 25.6 Å². The molecule has 8 heteroatoms. The van der Waals surface area contributed by atoms with E-state index in [1.807, 2.05) is 60.8 Å². The van der Waals surface area contributed by atoms with Crippen LogP contribution in [0.2, 0.25) is 0 Å². The molecule has 0 bridgehead atoms. The third-order valence-electron chi connectivity index (χ3n) is 5.85. The lowest BCUT2D eigenvalue weighted by Gasteiger charge is -2.27. The van der Waals surface area contributed by atoms with Crippen molar-refractivity contribution in [3.05, 3.63) is 107 Å². The summed E-state index contributed by atoms with van der Waals surface area (Å²) in [4.78, 5) is 13.4. The zero-order chi connectivity index (χ0) is 25.1. The van der Waals surface area contributed by atoms with Crippen molar-refractivity contribution in [3.8, 4) is 17.2 Å². The highest BCUT2D eigenvalue weighted by molar-refractivity contribution is 7.12. The molecule has 190 valence electrons. The van der Waals surface area contributed by atoms with E-state index in [4.69, 9.17) is 9.47 Å². The number of hydrogen-bond acceptors (Lipinski definition) is 5. The summed E-state index contributed by atoms with van der Waals surface area (Å²) in [6, 6.07) is 22.8. The third-order valence-corrected chi connectivity index (χ3v) is 6.72. The number of amides is 1. The fraction of sp³-hybridized carbons (Fsp3) is 0.172. The fourth-order valence-electron chi connectivity index (χ4n) is 4.06. The highest BCUT2D eigenvalue weighted by Gasteiger charge is 2.25. The van der Waals surface area contributed by atoms with Gasteiger partial charge in [-0.15, -0.1) is 11.3 Å². The van der Waals surface area contributed by atoms with Crippen LogP contribution in [-0.4, -0.2) is 28.8 Å². The highest BCUT2D eigenvalue weighted by Crippen LogP contribution is 2.30. The zero-order valence-electron chi connectivity index (χ0n) is 19.7. The molecular weight excluding hydrogens is 489 g/mol. The van der Waals surface area contributed by atoms with Crippen LogP contribution in [0.15, 0.2) is 90.4 Å². The second-order valence-corrected chi connectivity index (χ2v) is 9.26. The van der Waals surface area contributed by atoms with Crippen LogP contribution in [0.25, 0.3) is 16.6 Å². The number of rotatable bonds is 8. The number of benzene rings is 3. The van der Waals surface area contributed by atoms with Gasteiger partial charge in [0.2, 0.25) is 0 Å². The Hall–Kier alpha value is -4.17. The summed E-state index contributed by atoms with van der Waals surface area (Å²) in [7, 11) is 1.61. The summed E-state index contributed by atoms with van der Waals surface area (Å²) < 4.78 is 27.0. The molecule has 0 aliphatic heterocycles. The maximum atomic E-state index is 13.3. The Morgan fingerprint density at radius 2 is 1.84 bits per heavy atom. The summed E-state index contributed by atoms with van der Waals surface area (Å²) >= 11 is 1.39. The molecule has 6 nitrogen and oxygen atoms in total. The van der Waals surface area contributed by atoms with Gasteiger partial charge < -0.3 is 14.8 Å². The molecule has 0 fully saturated rings. The van der Waals surface area contributed by atoms with Gasteiger partial charge in [-0.3, -0.25) is 4.79 Å². The molecule has 0 radical (unpaired) electrons. The Balaban J connectivity index is 0.00000320.